The molecular formula is C22H26N4O3. The molecule has 4 rings (SSSR count). The molecule has 7 nitrogen and oxygen atoms in total. The number of fused-ring (bicyclic) bond motifs is 1. The number of pyridine rings is 2. The van der Waals surface area contributed by atoms with Crippen LogP contribution in [0.15, 0.2) is 47.4 Å². The Morgan fingerprint density at radius 1 is 1.21 bits per heavy atom. The third-order valence-corrected chi connectivity index (χ3v) is 5.02. The smallest absolute Gasteiger partial charge is 0.259 e. The Hall–Kier alpha value is -2.90. The van der Waals surface area contributed by atoms with Crippen LogP contribution >= 0.6 is 0 Å². The van der Waals surface area contributed by atoms with Gasteiger partial charge in [-0.3, -0.25) is 4.79 Å². The molecule has 1 saturated heterocycles. The van der Waals surface area contributed by atoms with Gasteiger partial charge >= 0.3 is 0 Å². The molecule has 29 heavy (non-hydrogen) atoms. The van der Waals surface area contributed by atoms with Crippen molar-refractivity contribution >= 4 is 28.0 Å². The van der Waals surface area contributed by atoms with E-state index in [-0.39, 0.29) is 5.56 Å². The van der Waals surface area contributed by atoms with Crippen LogP contribution in [0.1, 0.15) is 12.6 Å². The van der Waals surface area contributed by atoms with Crippen LogP contribution in [-0.2, 0) is 15.9 Å². The summed E-state index contributed by atoms with van der Waals surface area (Å²) in [5.41, 5.74) is 2.80. The zero-order valence-corrected chi connectivity index (χ0v) is 16.6. The van der Waals surface area contributed by atoms with Crippen molar-refractivity contribution in [1.29, 1.82) is 0 Å². The van der Waals surface area contributed by atoms with Gasteiger partial charge in [0.15, 0.2) is 0 Å². The molecule has 0 aliphatic carbocycles. The number of aromatic amines is 1. The summed E-state index contributed by atoms with van der Waals surface area (Å²) in [6, 6.07) is 12.0. The summed E-state index contributed by atoms with van der Waals surface area (Å²) in [6.45, 7) is 6.56. The third-order valence-electron chi connectivity index (χ3n) is 5.02. The second kappa shape index (κ2) is 9.07. The lowest BCUT2D eigenvalue weighted by Crippen LogP contribution is -2.36. The zero-order chi connectivity index (χ0) is 20.1. The first kappa shape index (κ1) is 19.4. The van der Waals surface area contributed by atoms with Crippen LogP contribution in [0.25, 0.3) is 10.8 Å². The maximum atomic E-state index is 12.4. The molecule has 1 fully saturated rings. The molecule has 0 amide bonds. The number of anilines is 3. The van der Waals surface area contributed by atoms with E-state index in [1.54, 1.807) is 6.20 Å². The van der Waals surface area contributed by atoms with Gasteiger partial charge in [0.05, 0.1) is 25.2 Å². The van der Waals surface area contributed by atoms with Crippen LogP contribution in [0.4, 0.5) is 17.2 Å². The third kappa shape index (κ3) is 4.58. The minimum absolute atomic E-state index is 0.154. The molecule has 1 aliphatic rings. The summed E-state index contributed by atoms with van der Waals surface area (Å²) in [5, 5.41) is 4.76. The first-order chi connectivity index (χ1) is 14.2. The number of hydrogen-bond donors (Lipinski definition) is 2. The first-order valence-corrected chi connectivity index (χ1v) is 10.0. The van der Waals surface area contributed by atoms with Crippen molar-refractivity contribution in [3.05, 3.63) is 58.6 Å². The number of aromatic nitrogens is 2. The Morgan fingerprint density at radius 3 is 2.76 bits per heavy atom. The largest absolute Gasteiger partial charge is 0.381 e. The zero-order valence-electron chi connectivity index (χ0n) is 16.6. The van der Waals surface area contributed by atoms with Gasteiger partial charge in [0.25, 0.3) is 5.56 Å². The van der Waals surface area contributed by atoms with E-state index in [9.17, 15) is 4.79 Å². The number of morpholine rings is 1. The molecule has 3 aromatic rings. The van der Waals surface area contributed by atoms with Gasteiger partial charge < -0.3 is 24.7 Å². The van der Waals surface area contributed by atoms with E-state index < -0.39 is 0 Å². The van der Waals surface area contributed by atoms with Gasteiger partial charge in [-0.1, -0.05) is 0 Å². The molecule has 0 radical (unpaired) electrons. The van der Waals surface area contributed by atoms with Gasteiger partial charge in [0.2, 0.25) is 0 Å². The van der Waals surface area contributed by atoms with Gasteiger partial charge in [-0.15, -0.1) is 0 Å². The summed E-state index contributed by atoms with van der Waals surface area (Å²) in [6.07, 6.45) is 2.36. The predicted octanol–water partition coefficient (Wildman–Crippen LogP) is 3.08. The fourth-order valence-corrected chi connectivity index (χ4v) is 3.52. The molecule has 2 N–H and O–H groups in total. The Morgan fingerprint density at radius 2 is 2.00 bits per heavy atom. The second-order valence-corrected chi connectivity index (χ2v) is 6.95. The van der Waals surface area contributed by atoms with E-state index in [0.29, 0.717) is 30.8 Å². The topological polar surface area (TPSA) is 79.5 Å². The summed E-state index contributed by atoms with van der Waals surface area (Å²) < 4.78 is 10.9. The monoisotopic (exact) mass is 394 g/mol. The first-order valence-electron chi connectivity index (χ1n) is 10.0. The Bertz CT molecular complexity index is 1010. The molecule has 1 aromatic carbocycles. The predicted molar refractivity (Wildman–Crippen MR) is 115 cm³/mol. The molecule has 0 spiro atoms. The van der Waals surface area contributed by atoms with Crippen molar-refractivity contribution in [2.45, 2.75) is 13.3 Å². The fourth-order valence-electron chi connectivity index (χ4n) is 3.52. The average Bonchev–Trinajstić information content (AvgIpc) is 2.75. The minimum atomic E-state index is -0.154. The Labute approximate surface area is 169 Å². The summed E-state index contributed by atoms with van der Waals surface area (Å²) in [7, 11) is 0. The van der Waals surface area contributed by atoms with Crippen LogP contribution in [0.3, 0.4) is 0 Å². The van der Waals surface area contributed by atoms with E-state index in [0.717, 1.165) is 43.1 Å². The maximum Gasteiger partial charge on any atom is 0.259 e. The molecule has 7 heteroatoms. The van der Waals surface area contributed by atoms with Gasteiger partial charge in [-0.05, 0) is 48.7 Å². The number of rotatable bonds is 7. The molecular weight excluding hydrogens is 368 g/mol. The number of hydrogen-bond acceptors (Lipinski definition) is 6. The number of ether oxygens (including phenoxy) is 2. The molecule has 2 aromatic heterocycles. The number of H-pyrrole nitrogens is 1. The SMILES string of the molecule is CCOCCc1cc2cc[nH]c(=O)c2c(Nc2ccc(N3CCOCC3)cc2)n1. The lowest BCUT2D eigenvalue weighted by Gasteiger charge is -2.28. The standard InChI is InChI=1S/C22H26N4O3/c1-2-28-12-8-18-15-16-7-9-23-22(27)20(16)21(25-18)24-17-3-5-19(6-4-17)26-10-13-29-14-11-26/h3-7,9,15H,2,8,10-14H2,1H3,(H,23,27)(H,24,25). The van der Waals surface area contributed by atoms with E-state index in [1.807, 2.05) is 31.2 Å². The summed E-state index contributed by atoms with van der Waals surface area (Å²) >= 11 is 0. The fraction of sp³-hybridized carbons (Fsp3) is 0.364. The van der Waals surface area contributed by atoms with E-state index in [4.69, 9.17) is 14.5 Å². The second-order valence-electron chi connectivity index (χ2n) is 6.95. The molecule has 0 unspecified atom stereocenters. The van der Waals surface area contributed by atoms with Crippen LogP contribution in [-0.4, -0.2) is 49.5 Å². The minimum Gasteiger partial charge on any atom is -0.381 e. The van der Waals surface area contributed by atoms with Crippen molar-refractivity contribution in [3.8, 4) is 0 Å². The normalized spacial score (nSPS) is 14.3. The van der Waals surface area contributed by atoms with E-state index in [1.165, 1.54) is 5.69 Å². The number of nitrogens with zero attached hydrogens (tertiary/aromatic N) is 2. The van der Waals surface area contributed by atoms with Crippen molar-refractivity contribution in [3.63, 3.8) is 0 Å². The number of nitrogens with one attached hydrogen (secondary N) is 2. The summed E-state index contributed by atoms with van der Waals surface area (Å²) in [4.78, 5) is 22.2. The van der Waals surface area contributed by atoms with Crippen LogP contribution in [0, 0.1) is 0 Å². The Kier molecular flexibility index (Phi) is 6.07. The van der Waals surface area contributed by atoms with Crippen molar-refractivity contribution in [1.82, 2.24) is 9.97 Å². The van der Waals surface area contributed by atoms with Crippen LogP contribution in [0.5, 0.6) is 0 Å². The van der Waals surface area contributed by atoms with Crippen molar-refractivity contribution in [2.75, 3.05) is 49.7 Å². The lowest BCUT2D eigenvalue weighted by atomic mass is 10.1. The van der Waals surface area contributed by atoms with Crippen LogP contribution < -0.4 is 15.8 Å². The van der Waals surface area contributed by atoms with E-state index in [2.05, 4.69) is 27.3 Å². The van der Waals surface area contributed by atoms with Gasteiger partial charge in [-0.2, -0.15) is 0 Å². The average molecular weight is 394 g/mol. The highest BCUT2D eigenvalue weighted by Crippen LogP contribution is 2.25. The highest BCUT2D eigenvalue weighted by molar-refractivity contribution is 5.92. The molecule has 0 bridgehead atoms. The molecule has 3 heterocycles. The summed E-state index contributed by atoms with van der Waals surface area (Å²) in [5.74, 6) is 0.565. The van der Waals surface area contributed by atoms with Crippen molar-refractivity contribution < 1.29 is 9.47 Å². The molecule has 0 atom stereocenters. The maximum absolute atomic E-state index is 12.4. The van der Waals surface area contributed by atoms with Gasteiger partial charge in [-0.25, -0.2) is 4.98 Å². The molecule has 0 saturated carbocycles. The highest BCUT2D eigenvalue weighted by atomic mass is 16.5. The quantitative estimate of drug-likeness (QED) is 0.600. The highest BCUT2D eigenvalue weighted by Gasteiger charge is 2.13. The van der Waals surface area contributed by atoms with Gasteiger partial charge in [0, 0.05) is 49.4 Å². The Balaban J connectivity index is 1.61. The van der Waals surface area contributed by atoms with Gasteiger partial charge in [0.1, 0.15) is 5.82 Å². The lowest BCUT2D eigenvalue weighted by molar-refractivity contribution is 0.122. The van der Waals surface area contributed by atoms with E-state index >= 15 is 0 Å². The molecule has 152 valence electrons. The number of benzene rings is 1. The van der Waals surface area contributed by atoms with Crippen molar-refractivity contribution in [2.24, 2.45) is 0 Å². The molecule has 1 aliphatic heterocycles. The van der Waals surface area contributed by atoms with Crippen LogP contribution in [0.2, 0.25) is 0 Å².